The first-order valence-electron chi connectivity index (χ1n) is 6.51. The molecule has 2 rings (SSSR count). The Labute approximate surface area is 132 Å². The highest BCUT2D eigenvalue weighted by Crippen LogP contribution is 2.24. The minimum atomic E-state index is -0.569. The Balaban J connectivity index is 2.25. The second-order valence-corrected chi connectivity index (χ2v) is 5.99. The molecule has 0 aliphatic rings. The van der Waals surface area contributed by atoms with Crippen molar-refractivity contribution >= 4 is 21.8 Å². The van der Waals surface area contributed by atoms with Crippen molar-refractivity contribution in [2.45, 2.75) is 19.4 Å². The maximum absolute atomic E-state index is 12.5. The number of hydrogen-bond donors (Lipinski definition) is 1. The predicted molar refractivity (Wildman–Crippen MR) is 85.4 cm³/mol. The van der Waals surface area contributed by atoms with Crippen LogP contribution >= 0.6 is 15.9 Å². The van der Waals surface area contributed by atoms with Crippen molar-refractivity contribution in [2.24, 2.45) is 0 Å². The van der Waals surface area contributed by atoms with Crippen LogP contribution in [0.1, 0.15) is 29.9 Å². The second-order valence-electron chi connectivity index (χ2n) is 5.14. The molecule has 0 spiro atoms. The lowest BCUT2D eigenvalue weighted by molar-refractivity contribution is 0.0909. The molecule has 0 saturated heterocycles. The van der Waals surface area contributed by atoms with Crippen molar-refractivity contribution < 1.29 is 9.53 Å². The monoisotopic (exact) mass is 348 g/mol. The lowest BCUT2D eigenvalue weighted by Crippen LogP contribution is -2.41. The molecular weight excluding hydrogens is 332 g/mol. The van der Waals surface area contributed by atoms with Crippen LogP contribution in [0.25, 0.3) is 0 Å². The fraction of sp³-hybridized carbons (Fsp3) is 0.250. The Hall–Kier alpha value is -1.88. The number of halogens is 1. The highest BCUT2D eigenvalue weighted by atomic mass is 79.9. The first kappa shape index (κ1) is 15.5. The largest absolute Gasteiger partial charge is 0.497 e. The summed E-state index contributed by atoms with van der Waals surface area (Å²) in [4.78, 5) is 16.8. The van der Waals surface area contributed by atoms with E-state index in [9.17, 15) is 4.79 Å². The van der Waals surface area contributed by atoms with Crippen LogP contribution in [0, 0.1) is 0 Å². The van der Waals surface area contributed by atoms with Gasteiger partial charge in [0.1, 0.15) is 5.75 Å². The van der Waals surface area contributed by atoms with Gasteiger partial charge in [-0.1, -0.05) is 6.07 Å². The molecule has 0 aliphatic heterocycles. The molecule has 1 amide bonds. The van der Waals surface area contributed by atoms with Crippen molar-refractivity contribution in [3.05, 3.63) is 58.3 Å². The molecular formula is C16H17BrN2O2. The van der Waals surface area contributed by atoms with Crippen LogP contribution in [-0.4, -0.2) is 18.0 Å². The summed E-state index contributed by atoms with van der Waals surface area (Å²) < 4.78 is 5.88. The van der Waals surface area contributed by atoms with Gasteiger partial charge in [-0.25, -0.2) is 0 Å². The molecule has 1 N–H and O–H groups in total. The number of pyridine rings is 1. The Morgan fingerprint density at radius 1 is 1.29 bits per heavy atom. The molecule has 21 heavy (non-hydrogen) atoms. The van der Waals surface area contributed by atoms with E-state index in [1.807, 2.05) is 32.0 Å². The number of hydrogen-bond acceptors (Lipinski definition) is 3. The number of nitrogens with zero attached hydrogens (tertiary/aromatic N) is 1. The molecule has 0 unspecified atom stereocenters. The van der Waals surface area contributed by atoms with Gasteiger partial charge in [0.25, 0.3) is 5.91 Å². The molecule has 1 aromatic carbocycles. The van der Waals surface area contributed by atoms with Crippen molar-refractivity contribution in [2.75, 3.05) is 7.11 Å². The van der Waals surface area contributed by atoms with E-state index in [-0.39, 0.29) is 5.91 Å². The third-order valence-corrected chi connectivity index (χ3v) is 3.84. The maximum Gasteiger partial charge on any atom is 0.253 e. The van der Waals surface area contributed by atoms with Gasteiger partial charge < -0.3 is 10.1 Å². The first-order chi connectivity index (χ1) is 9.94. The number of rotatable bonds is 4. The third-order valence-electron chi connectivity index (χ3n) is 3.15. The molecule has 0 saturated carbocycles. The summed E-state index contributed by atoms with van der Waals surface area (Å²) >= 11 is 3.39. The van der Waals surface area contributed by atoms with Crippen molar-refractivity contribution in [1.82, 2.24) is 10.3 Å². The van der Waals surface area contributed by atoms with Crippen LogP contribution in [0.5, 0.6) is 5.75 Å². The molecule has 0 radical (unpaired) electrons. The number of methoxy groups -OCH3 is 1. The fourth-order valence-electron chi connectivity index (χ4n) is 1.95. The summed E-state index contributed by atoms with van der Waals surface area (Å²) in [6.45, 7) is 3.84. The molecule has 5 heteroatoms. The molecule has 0 aliphatic carbocycles. The van der Waals surface area contributed by atoms with Crippen molar-refractivity contribution in [1.29, 1.82) is 0 Å². The van der Waals surface area contributed by atoms with Crippen LogP contribution < -0.4 is 10.1 Å². The van der Waals surface area contributed by atoms with Crippen LogP contribution in [0.3, 0.4) is 0 Å². The summed E-state index contributed by atoms with van der Waals surface area (Å²) in [7, 11) is 1.57. The van der Waals surface area contributed by atoms with Gasteiger partial charge in [0.2, 0.25) is 0 Å². The summed E-state index contributed by atoms with van der Waals surface area (Å²) in [6.07, 6.45) is 1.71. The maximum atomic E-state index is 12.5. The quantitative estimate of drug-likeness (QED) is 0.919. The van der Waals surface area contributed by atoms with E-state index >= 15 is 0 Å². The number of nitrogens with one attached hydrogen (secondary N) is 1. The minimum Gasteiger partial charge on any atom is -0.497 e. The summed E-state index contributed by atoms with van der Waals surface area (Å²) in [5.74, 6) is 0.454. The topological polar surface area (TPSA) is 51.2 Å². The Morgan fingerprint density at radius 3 is 2.67 bits per heavy atom. The van der Waals surface area contributed by atoms with Crippen LogP contribution in [-0.2, 0) is 5.54 Å². The van der Waals surface area contributed by atoms with Crippen LogP contribution in [0.2, 0.25) is 0 Å². The molecule has 0 bridgehead atoms. The molecule has 0 fully saturated rings. The Kier molecular flexibility index (Phi) is 4.63. The van der Waals surface area contributed by atoms with Gasteiger partial charge in [-0.3, -0.25) is 9.78 Å². The van der Waals surface area contributed by atoms with Crippen molar-refractivity contribution in [3.63, 3.8) is 0 Å². The lowest BCUT2D eigenvalue weighted by Gasteiger charge is -2.26. The smallest absolute Gasteiger partial charge is 0.253 e. The summed E-state index contributed by atoms with van der Waals surface area (Å²) in [5, 5.41) is 2.99. The van der Waals surface area contributed by atoms with Crippen molar-refractivity contribution in [3.8, 4) is 5.75 Å². The zero-order chi connectivity index (χ0) is 15.5. The third kappa shape index (κ3) is 3.61. The van der Waals surface area contributed by atoms with Crippen LogP contribution in [0.4, 0.5) is 0 Å². The average Bonchev–Trinajstić information content (AvgIpc) is 2.48. The lowest BCUT2D eigenvalue weighted by atomic mass is 9.99. The van der Waals surface area contributed by atoms with E-state index in [0.717, 1.165) is 10.2 Å². The minimum absolute atomic E-state index is 0.184. The number of amides is 1. The van der Waals surface area contributed by atoms with Crippen LogP contribution in [0.15, 0.2) is 47.1 Å². The Morgan fingerprint density at radius 2 is 2.05 bits per heavy atom. The van der Waals surface area contributed by atoms with Gasteiger partial charge >= 0.3 is 0 Å². The molecule has 4 nitrogen and oxygen atoms in total. The molecule has 1 heterocycles. The zero-order valence-electron chi connectivity index (χ0n) is 12.2. The SMILES string of the molecule is COc1ccc(Br)c(C(=O)NC(C)(C)c2ccccn2)c1. The number of benzene rings is 1. The highest BCUT2D eigenvalue weighted by Gasteiger charge is 2.25. The number of ether oxygens (including phenoxy) is 1. The van der Waals surface area contributed by atoms with Gasteiger partial charge in [0.05, 0.1) is 23.9 Å². The van der Waals surface area contributed by atoms with Gasteiger partial charge in [0.15, 0.2) is 0 Å². The number of carbonyl (C=O) groups excluding carboxylic acids is 1. The second kappa shape index (κ2) is 6.26. The van der Waals surface area contributed by atoms with E-state index in [1.165, 1.54) is 0 Å². The summed E-state index contributed by atoms with van der Waals surface area (Å²) in [6, 6.07) is 10.9. The first-order valence-corrected chi connectivity index (χ1v) is 7.31. The van der Waals surface area contributed by atoms with Gasteiger partial charge in [-0.2, -0.15) is 0 Å². The van der Waals surface area contributed by atoms with Gasteiger partial charge in [-0.15, -0.1) is 0 Å². The van der Waals surface area contributed by atoms with E-state index in [1.54, 1.807) is 31.5 Å². The van der Waals surface area contributed by atoms with E-state index < -0.39 is 5.54 Å². The average molecular weight is 349 g/mol. The standard InChI is InChI=1S/C16H17BrN2O2/c1-16(2,14-6-4-5-9-18-14)19-15(20)12-10-11(21-3)7-8-13(12)17/h4-10H,1-3H3,(H,19,20). The predicted octanol–water partition coefficient (Wildman–Crippen LogP) is 3.52. The summed E-state index contributed by atoms with van der Waals surface area (Å²) in [5.41, 5.74) is 0.761. The Bertz CT molecular complexity index is 642. The molecule has 0 atom stereocenters. The fourth-order valence-corrected chi connectivity index (χ4v) is 2.38. The molecule has 1 aromatic heterocycles. The molecule has 2 aromatic rings. The van der Waals surface area contributed by atoms with Gasteiger partial charge in [0, 0.05) is 10.7 Å². The normalized spacial score (nSPS) is 11.0. The number of aromatic nitrogens is 1. The molecule has 110 valence electrons. The van der Waals surface area contributed by atoms with E-state index in [0.29, 0.717) is 11.3 Å². The highest BCUT2D eigenvalue weighted by molar-refractivity contribution is 9.10. The van der Waals surface area contributed by atoms with E-state index in [4.69, 9.17) is 4.74 Å². The zero-order valence-corrected chi connectivity index (χ0v) is 13.8. The van der Waals surface area contributed by atoms with E-state index in [2.05, 4.69) is 26.2 Å². The van der Waals surface area contributed by atoms with Gasteiger partial charge in [-0.05, 0) is 60.1 Å². The number of carbonyl (C=O) groups is 1.